The summed E-state index contributed by atoms with van der Waals surface area (Å²) in [5.74, 6) is -4.28. The molecule has 2 aromatic rings. The van der Waals surface area contributed by atoms with E-state index in [0.717, 1.165) is 26.3 Å². The van der Waals surface area contributed by atoms with Crippen molar-refractivity contribution in [2.24, 2.45) is 11.5 Å². The van der Waals surface area contributed by atoms with Crippen LogP contribution in [0.2, 0.25) is 0 Å². The van der Waals surface area contributed by atoms with Crippen LogP contribution in [0, 0.1) is 0 Å². The van der Waals surface area contributed by atoms with Crippen LogP contribution < -0.4 is 42.8 Å². The number of esters is 1. The van der Waals surface area contributed by atoms with Crippen LogP contribution in [0.3, 0.4) is 0 Å². The Hall–Kier alpha value is -5.59. The lowest BCUT2D eigenvalue weighted by molar-refractivity contribution is -0.146. The molecule has 1 aliphatic rings. The van der Waals surface area contributed by atoms with Gasteiger partial charge in [0.2, 0.25) is 29.5 Å². The zero-order chi connectivity index (χ0) is 48.6. The van der Waals surface area contributed by atoms with E-state index in [4.69, 9.17) is 20.9 Å². The second-order valence-electron chi connectivity index (χ2n) is 16.9. The van der Waals surface area contributed by atoms with Crippen LogP contribution in [0.5, 0.6) is 11.5 Å². The van der Waals surface area contributed by atoms with E-state index in [1.165, 1.54) is 76.5 Å². The van der Waals surface area contributed by atoms with Crippen LogP contribution >= 0.6 is 0 Å². The van der Waals surface area contributed by atoms with Gasteiger partial charge in [-0.15, -0.1) is 0 Å². The van der Waals surface area contributed by atoms with Crippen molar-refractivity contribution in [1.82, 2.24) is 31.5 Å². The smallest absolute Gasteiger partial charge is 0.303 e. The molecule has 0 aromatic heterocycles. The number of carbonyl (C=O) groups is 7. The molecule has 1 heterocycles. The number of nitrogens with two attached hydrogens (primary N) is 2. The van der Waals surface area contributed by atoms with E-state index in [-0.39, 0.29) is 55.2 Å². The number of carbonyl (C=O) groups excluding carboxylic acids is 7. The van der Waals surface area contributed by atoms with E-state index in [1.807, 2.05) is 0 Å². The number of rotatable bonds is 27. The van der Waals surface area contributed by atoms with Gasteiger partial charge in [-0.25, -0.2) is 0 Å². The number of unbranched alkanes of at least 4 members (excludes halogenated alkanes) is 8. The van der Waals surface area contributed by atoms with E-state index in [0.29, 0.717) is 42.8 Å². The van der Waals surface area contributed by atoms with Gasteiger partial charge in [-0.3, -0.25) is 33.6 Å². The van der Waals surface area contributed by atoms with Crippen LogP contribution in [0.1, 0.15) is 122 Å². The summed E-state index contributed by atoms with van der Waals surface area (Å²) in [4.78, 5) is 95.1. The van der Waals surface area contributed by atoms with Gasteiger partial charge in [0.15, 0.2) is 12.4 Å². The molecular formula is C48H74N8O10. The lowest BCUT2D eigenvalue weighted by Gasteiger charge is -2.32. The second kappa shape index (κ2) is 29.1. The summed E-state index contributed by atoms with van der Waals surface area (Å²) in [5, 5.41) is 25.5. The van der Waals surface area contributed by atoms with Crippen LogP contribution in [-0.2, 0) is 44.7 Å². The third-order valence-corrected chi connectivity index (χ3v) is 11.4. The van der Waals surface area contributed by atoms with Gasteiger partial charge in [0.05, 0.1) is 6.04 Å². The lowest BCUT2D eigenvalue weighted by atomic mass is 9.93. The van der Waals surface area contributed by atoms with Gasteiger partial charge >= 0.3 is 5.97 Å². The molecule has 1 aliphatic heterocycles. The van der Waals surface area contributed by atoms with Gasteiger partial charge in [-0.1, -0.05) is 64.0 Å². The average molecular weight is 923 g/mol. The van der Waals surface area contributed by atoms with Crippen LogP contribution in [0.15, 0.2) is 36.4 Å². The van der Waals surface area contributed by atoms with Crippen LogP contribution in [-0.4, -0.2) is 122 Å². The van der Waals surface area contributed by atoms with Crippen molar-refractivity contribution >= 4 is 41.3 Å². The maximum Gasteiger partial charge on any atom is 0.303 e. The monoisotopic (exact) mass is 923 g/mol. The first-order chi connectivity index (χ1) is 31.6. The number of likely N-dealkylation sites (N-methyl/N-ethyl adjacent to an activating group) is 1. The van der Waals surface area contributed by atoms with Crippen molar-refractivity contribution in [2.75, 3.05) is 46.4 Å². The molecule has 18 nitrogen and oxygen atoms in total. The number of ketones is 1. The summed E-state index contributed by atoms with van der Waals surface area (Å²) in [6.07, 6.45) is 11.0. The number of benzene rings is 2. The molecule has 0 spiro atoms. The Labute approximate surface area is 389 Å². The van der Waals surface area contributed by atoms with E-state index in [9.17, 15) is 38.7 Å². The average Bonchev–Trinajstić information content (AvgIpc) is 3.28. The molecule has 10 N–H and O–H groups in total. The number of hydrogen-bond acceptors (Lipinski definition) is 13. The Kier molecular flexibility index (Phi) is 24.2. The Morgan fingerprint density at radius 3 is 2.26 bits per heavy atom. The minimum absolute atomic E-state index is 0.0971. The van der Waals surface area contributed by atoms with E-state index in [2.05, 4.69) is 33.5 Å². The number of fused-ring (bicyclic) bond motifs is 5. The number of phenols is 1. The van der Waals surface area contributed by atoms with E-state index < -0.39 is 72.2 Å². The first-order valence-corrected chi connectivity index (χ1v) is 23.4. The Balaban J connectivity index is 1.96. The normalized spacial score (nSPS) is 17.0. The zero-order valence-corrected chi connectivity index (χ0v) is 39.5. The minimum Gasteiger partial charge on any atom is -0.507 e. The quantitative estimate of drug-likeness (QED) is 0.0474. The summed E-state index contributed by atoms with van der Waals surface area (Å²) in [6, 6.07) is 3.36. The molecule has 0 saturated carbocycles. The third-order valence-electron chi connectivity index (χ3n) is 11.4. The summed E-state index contributed by atoms with van der Waals surface area (Å²) in [7, 11) is 1.43. The first kappa shape index (κ1) is 54.7. The lowest BCUT2D eigenvalue weighted by Crippen LogP contribution is -2.57. The maximum atomic E-state index is 14.5. The van der Waals surface area contributed by atoms with Gasteiger partial charge in [0.25, 0.3) is 0 Å². The predicted molar refractivity (Wildman–Crippen MR) is 251 cm³/mol. The number of nitrogens with zero attached hydrogens (tertiary/aromatic N) is 1. The molecule has 4 bridgehead atoms. The standard InChI is InChI=1S/C48H74N8O10/c1-6-7-8-9-10-11-12-15-24-51-25-21-43(60)54-38(16-13-14-22-49)48(64)56(5)44-35-18-19-40(58)36(29-35)37-27-34(17-20-42(37)65-26-23-50)28-39(55-45(61)32(3)53-47(44)63)46(62)52-31(2)41(59)30-66-33(4)57/h17-20,27,29,31-32,38-39,44,51,58H,6-16,21-26,28,30,49-50H2,1-5H3,(H,52,62)(H,53,63)(H,54,60)(H,55,61)/t31-,32-,38-,39?,44-/m0/s1. The van der Waals surface area contributed by atoms with E-state index >= 15 is 0 Å². The molecule has 0 aliphatic carbocycles. The van der Waals surface area contributed by atoms with Crippen molar-refractivity contribution in [3.8, 4) is 22.6 Å². The van der Waals surface area contributed by atoms with Crippen molar-refractivity contribution in [3.05, 3.63) is 47.5 Å². The number of nitrogens with one attached hydrogen (secondary N) is 5. The Morgan fingerprint density at radius 1 is 0.864 bits per heavy atom. The zero-order valence-electron chi connectivity index (χ0n) is 39.5. The van der Waals surface area contributed by atoms with Crippen LogP contribution in [0.25, 0.3) is 11.1 Å². The molecule has 1 unspecified atom stereocenters. The predicted octanol–water partition coefficient (Wildman–Crippen LogP) is 2.81. The molecule has 0 saturated heterocycles. The molecule has 18 heteroatoms. The molecule has 5 amide bonds. The summed E-state index contributed by atoms with van der Waals surface area (Å²) >= 11 is 0. The fourth-order valence-corrected chi connectivity index (χ4v) is 7.59. The number of aromatic hydroxyl groups is 1. The minimum atomic E-state index is -1.39. The number of phenolic OH excluding ortho intramolecular Hbond substituents is 1. The molecule has 0 fully saturated rings. The highest BCUT2D eigenvalue weighted by molar-refractivity contribution is 5.97. The Morgan fingerprint density at radius 2 is 1.58 bits per heavy atom. The number of amides is 5. The summed E-state index contributed by atoms with van der Waals surface area (Å²) < 4.78 is 10.8. The Bertz CT molecular complexity index is 1930. The molecule has 66 heavy (non-hydrogen) atoms. The first-order valence-electron chi connectivity index (χ1n) is 23.4. The fraction of sp³-hybridized carbons (Fsp3) is 0.604. The third kappa shape index (κ3) is 18.0. The van der Waals surface area contributed by atoms with Crippen molar-refractivity contribution in [1.29, 1.82) is 0 Å². The molecule has 0 radical (unpaired) electrons. The van der Waals surface area contributed by atoms with Crippen molar-refractivity contribution in [3.63, 3.8) is 0 Å². The van der Waals surface area contributed by atoms with Crippen LogP contribution in [0.4, 0.5) is 0 Å². The summed E-state index contributed by atoms with van der Waals surface area (Å²) in [5.41, 5.74) is 12.9. The van der Waals surface area contributed by atoms with Gasteiger partial charge in [0.1, 0.15) is 42.3 Å². The number of ether oxygens (including phenoxy) is 2. The molecule has 5 atom stereocenters. The van der Waals surface area contributed by atoms with Gasteiger partial charge in [-0.05, 0) is 88.0 Å². The van der Waals surface area contributed by atoms with Crippen molar-refractivity contribution in [2.45, 2.75) is 141 Å². The topological polar surface area (TPSA) is 274 Å². The molecule has 366 valence electrons. The molecule has 2 aromatic carbocycles. The number of Topliss-reactive ketones (excluding diaryl/α,β-unsaturated/α-hetero) is 1. The second-order valence-corrected chi connectivity index (χ2v) is 16.9. The van der Waals surface area contributed by atoms with Crippen molar-refractivity contribution < 1.29 is 48.1 Å². The van der Waals surface area contributed by atoms with Gasteiger partial charge in [0, 0.05) is 51.0 Å². The maximum absolute atomic E-state index is 14.5. The van der Waals surface area contributed by atoms with Gasteiger partial charge in [-0.2, -0.15) is 0 Å². The highest BCUT2D eigenvalue weighted by Crippen LogP contribution is 2.39. The number of hydrogen-bond donors (Lipinski definition) is 8. The van der Waals surface area contributed by atoms with Gasteiger partial charge < -0.3 is 57.5 Å². The summed E-state index contributed by atoms with van der Waals surface area (Å²) in [6.45, 7) is 7.49. The fourth-order valence-electron chi connectivity index (χ4n) is 7.59. The largest absolute Gasteiger partial charge is 0.507 e. The molecular weight excluding hydrogens is 849 g/mol. The SMILES string of the molecule is CCCCCCCCCCNCCC(=O)N[C@@H](CCCCN)C(=O)N(C)[C@@H]1C(=O)N[C@@H](C)C(=O)NC(C(=O)N[C@@H](C)C(=O)COC(C)=O)Cc2ccc(OCCN)c(c2)-c2cc1ccc2O. The highest BCUT2D eigenvalue weighted by atomic mass is 16.5. The molecule has 3 rings (SSSR count). The van der Waals surface area contributed by atoms with E-state index in [1.54, 1.807) is 24.3 Å². The highest BCUT2D eigenvalue weighted by Gasteiger charge is 2.36.